The average Bonchev–Trinajstić information content (AvgIpc) is 2.17. The summed E-state index contributed by atoms with van der Waals surface area (Å²) in [7, 11) is 0. The summed E-state index contributed by atoms with van der Waals surface area (Å²) in [5, 5.41) is 0. The topological polar surface area (TPSA) is 43.4 Å². The summed E-state index contributed by atoms with van der Waals surface area (Å²) in [5.41, 5.74) is 0.0252. The molecule has 80 valence electrons. The van der Waals surface area contributed by atoms with E-state index >= 15 is 0 Å². The molecule has 0 heterocycles. The van der Waals surface area contributed by atoms with E-state index in [1.54, 1.807) is 0 Å². The summed E-state index contributed by atoms with van der Waals surface area (Å²) in [6.45, 7) is -3.03. The van der Waals surface area contributed by atoms with E-state index < -0.39 is 6.61 Å². The highest BCUT2D eigenvalue weighted by Crippen LogP contribution is 2.25. The number of aldehydes is 2. The summed E-state index contributed by atoms with van der Waals surface area (Å²) < 4.78 is 27.9. The highest BCUT2D eigenvalue weighted by Gasteiger charge is 2.12. The molecule has 0 fully saturated rings. The third-order valence-electron chi connectivity index (χ3n) is 1.63. The maximum Gasteiger partial charge on any atom is 0.387 e. The van der Waals surface area contributed by atoms with Crippen LogP contribution < -0.4 is 4.74 Å². The predicted octanol–water partition coefficient (Wildman–Crippen LogP) is 2.20. The number of alkyl halides is 2. The van der Waals surface area contributed by atoms with E-state index in [2.05, 4.69) is 17.4 Å². The fourth-order valence-corrected chi connectivity index (χ4v) is 1.22. The van der Waals surface area contributed by atoms with E-state index in [1.165, 1.54) is 0 Å². The van der Waals surface area contributed by atoms with Gasteiger partial charge in [0.15, 0.2) is 12.6 Å². The maximum atomic E-state index is 11.9. The molecule has 6 heteroatoms. The Morgan fingerprint density at radius 2 is 1.80 bits per heavy atom. The molecule has 0 saturated carbocycles. The van der Waals surface area contributed by atoms with Gasteiger partial charge in [-0.15, -0.1) is 12.6 Å². The van der Waals surface area contributed by atoms with Gasteiger partial charge in [0.1, 0.15) is 5.75 Å². The number of hydrogen-bond acceptors (Lipinski definition) is 4. The molecule has 0 aliphatic rings. The average molecular weight is 232 g/mol. The molecule has 1 aromatic carbocycles. The van der Waals surface area contributed by atoms with Crippen molar-refractivity contribution in [1.29, 1.82) is 0 Å². The van der Waals surface area contributed by atoms with E-state index in [4.69, 9.17) is 0 Å². The molecule has 0 aromatic heterocycles. The lowest BCUT2D eigenvalue weighted by Gasteiger charge is -2.08. The molecule has 3 nitrogen and oxygen atoms in total. The molecule has 15 heavy (non-hydrogen) atoms. The van der Waals surface area contributed by atoms with Crippen LogP contribution in [0.3, 0.4) is 0 Å². The minimum Gasteiger partial charge on any atom is -0.434 e. The molecule has 0 aliphatic carbocycles. The number of hydrogen-bond donors (Lipinski definition) is 1. The van der Waals surface area contributed by atoms with Crippen LogP contribution in [0.4, 0.5) is 8.78 Å². The van der Waals surface area contributed by atoms with Gasteiger partial charge in [-0.3, -0.25) is 9.59 Å². The standard InChI is InChI=1S/C9H6F2O3S/c10-9(11)14-7-2-8(15)6(4-13)1-5(7)3-12/h1-4,9,15H. The molecule has 0 radical (unpaired) electrons. The molecule has 1 rings (SSSR count). The largest absolute Gasteiger partial charge is 0.434 e. The second-order valence-electron chi connectivity index (χ2n) is 2.56. The summed E-state index contributed by atoms with van der Waals surface area (Å²) in [5.74, 6) is -0.296. The van der Waals surface area contributed by atoms with Crippen molar-refractivity contribution < 1.29 is 23.1 Å². The van der Waals surface area contributed by atoms with Gasteiger partial charge >= 0.3 is 6.61 Å². The van der Waals surface area contributed by atoms with E-state index in [-0.39, 0.29) is 21.8 Å². The van der Waals surface area contributed by atoms with Crippen LogP contribution in [0.1, 0.15) is 20.7 Å². The molecule has 0 bridgehead atoms. The first-order valence-electron chi connectivity index (χ1n) is 3.80. The Balaban J connectivity index is 3.20. The van der Waals surface area contributed by atoms with Crippen molar-refractivity contribution in [2.75, 3.05) is 0 Å². The van der Waals surface area contributed by atoms with Crippen LogP contribution in [0.2, 0.25) is 0 Å². The number of benzene rings is 1. The van der Waals surface area contributed by atoms with Gasteiger partial charge in [-0.2, -0.15) is 8.78 Å². The van der Waals surface area contributed by atoms with E-state index in [0.717, 1.165) is 12.1 Å². The number of thiol groups is 1. The summed E-state index contributed by atoms with van der Waals surface area (Å²) in [6, 6.07) is 2.24. The minimum absolute atomic E-state index is 0.116. The first kappa shape index (κ1) is 11.6. The van der Waals surface area contributed by atoms with Crippen molar-refractivity contribution in [3.05, 3.63) is 23.3 Å². The zero-order valence-corrected chi connectivity index (χ0v) is 8.21. The van der Waals surface area contributed by atoms with Crippen LogP contribution in [-0.2, 0) is 0 Å². The first-order chi connectivity index (χ1) is 7.08. The normalized spacial score (nSPS) is 10.1. The summed E-state index contributed by atoms with van der Waals surface area (Å²) in [4.78, 5) is 21.2. The second kappa shape index (κ2) is 4.88. The van der Waals surface area contributed by atoms with Crippen molar-refractivity contribution in [3.8, 4) is 5.75 Å². The summed E-state index contributed by atoms with van der Waals surface area (Å²) in [6.07, 6.45) is 0.805. The first-order valence-corrected chi connectivity index (χ1v) is 4.25. The van der Waals surface area contributed by atoms with E-state index in [0.29, 0.717) is 12.6 Å². The van der Waals surface area contributed by atoms with E-state index in [9.17, 15) is 18.4 Å². The van der Waals surface area contributed by atoms with Gasteiger partial charge in [-0.1, -0.05) is 0 Å². The van der Waals surface area contributed by atoms with Gasteiger partial charge in [0, 0.05) is 10.5 Å². The third-order valence-corrected chi connectivity index (χ3v) is 2.02. The van der Waals surface area contributed by atoms with Gasteiger partial charge in [-0.05, 0) is 12.1 Å². The second-order valence-corrected chi connectivity index (χ2v) is 3.04. The quantitative estimate of drug-likeness (QED) is 0.639. The van der Waals surface area contributed by atoms with Gasteiger partial charge in [0.05, 0.1) is 5.56 Å². The van der Waals surface area contributed by atoms with Crippen LogP contribution in [0.15, 0.2) is 17.0 Å². The minimum atomic E-state index is -3.03. The lowest BCUT2D eigenvalue weighted by Crippen LogP contribution is -2.05. The Morgan fingerprint density at radius 3 is 2.27 bits per heavy atom. The smallest absolute Gasteiger partial charge is 0.387 e. The Labute approximate surface area is 89.4 Å². The predicted molar refractivity (Wildman–Crippen MR) is 51.1 cm³/mol. The lowest BCUT2D eigenvalue weighted by molar-refractivity contribution is -0.0502. The van der Waals surface area contributed by atoms with Crippen LogP contribution in [0, 0.1) is 0 Å². The Kier molecular flexibility index (Phi) is 3.79. The zero-order valence-electron chi connectivity index (χ0n) is 7.31. The van der Waals surface area contributed by atoms with E-state index in [1.807, 2.05) is 0 Å². The number of halogens is 2. The maximum absolute atomic E-state index is 11.9. The van der Waals surface area contributed by atoms with Crippen molar-refractivity contribution in [1.82, 2.24) is 0 Å². The molecule has 0 amide bonds. The van der Waals surface area contributed by atoms with Crippen LogP contribution in [0.5, 0.6) is 5.75 Å². The number of carbonyl (C=O) groups excluding carboxylic acids is 2. The van der Waals surface area contributed by atoms with Crippen molar-refractivity contribution >= 4 is 25.2 Å². The summed E-state index contributed by atoms with van der Waals surface area (Å²) >= 11 is 3.88. The Morgan fingerprint density at radius 1 is 1.20 bits per heavy atom. The van der Waals surface area contributed by atoms with Crippen molar-refractivity contribution in [2.45, 2.75) is 11.5 Å². The third kappa shape index (κ3) is 2.76. The Hall–Kier alpha value is -1.43. The molecule has 0 atom stereocenters. The number of ether oxygens (including phenoxy) is 1. The van der Waals surface area contributed by atoms with Gasteiger partial charge < -0.3 is 4.74 Å². The molecule has 0 aliphatic heterocycles. The SMILES string of the molecule is O=Cc1cc(C=O)c(OC(F)F)cc1S. The van der Waals surface area contributed by atoms with Gasteiger partial charge in [0.2, 0.25) is 0 Å². The molecule has 0 N–H and O–H groups in total. The monoisotopic (exact) mass is 232 g/mol. The zero-order chi connectivity index (χ0) is 11.4. The van der Waals surface area contributed by atoms with Gasteiger partial charge in [0.25, 0.3) is 0 Å². The number of rotatable bonds is 4. The fourth-order valence-electron chi connectivity index (χ4n) is 0.988. The molecule has 0 spiro atoms. The molecule has 0 saturated heterocycles. The fraction of sp³-hybridized carbons (Fsp3) is 0.111. The Bertz CT molecular complexity index is 393. The van der Waals surface area contributed by atoms with Crippen LogP contribution >= 0.6 is 12.6 Å². The molecule has 0 unspecified atom stereocenters. The van der Waals surface area contributed by atoms with Crippen molar-refractivity contribution in [2.24, 2.45) is 0 Å². The lowest BCUT2D eigenvalue weighted by atomic mass is 10.1. The molecule has 1 aromatic rings. The number of carbonyl (C=O) groups is 2. The highest BCUT2D eigenvalue weighted by atomic mass is 32.1. The molecular formula is C9H6F2O3S. The van der Waals surface area contributed by atoms with Crippen LogP contribution in [0.25, 0.3) is 0 Å². The van der Waals surface area contributed by atoms with Gasteiger partial charge in [-0.25, -0.2) is 0 Å². The van der Waals surface area contributed by atoms with Crippen molar-refractivity contribution in [3.63, 3.8) is 0 Å². The molecular weight excluding hydrogens is 226 g/mol. The highest BCUT2D eigenvalue weighted by molar-refractivity contribution is 7.80. The van der Waals surface area contributed by atoms with Crippen LogP contribution in [-0.4, -0.2) is 19.2 Å².